The highest BCUT2D eigenvalue weighted by molar-refractivity contribution is 7.19. The summed E-state index contributed by atoms with van der Waals surface area (Å²) in [5.41, 5.74) is 2.27. The fourth-order valence-corrected chi connectivity index (χ4v) is 4.08. The van der Waals surface area contributed by atoms with Crippen molar-refractivity contribution in [1.29, 1.82) is 0 Å². The maximum Gasteiger partial charge on any atom is 0.267 e. The van der Waals surface area contributed by atoms with Crippen LogP contribution in [-0.2, 0) is 14.9 Å². The van der Waals surface area contributed by atoms with E-state index in [-0.39, 0.29) is 11.3 Å². The van der Waals surface area contributed by atoms with E-state index in [1.165, 1.54) is 16.9 Å². The normalized spacial score (nSPS) is 15.7. The summed E-state index contributed by atoms with van der Waals surface area (Å²) in [4.78, 5) is 15.0. The van der Waals surface area contributed by atoms with Crippen molar-refractivity contribution in [3.63, 3.8) is 0 Å². The Morgan fingerprint density at radius 1 is 1.30 bits per heavy atom. The molecule has 1 aliphatic heterocycles. The lowest BCUT2D eigenvalue weighted by Crippen LogP contribution is -2.36. The molecule has 1 unspecified atom stereocenters. The van der Waals surface area contributed by atoms with Crippen LogP contribution < -0.4 is 15.0 Å². The number of nitrogens with zero attached hydrogens (tertiary/aromatic N) is 3. The van der Waals surface area contributed by atoms with Crippen LogP contribution in [0.5, 0.6) is 5.75 Å². The van der Waals surface area contributed by atoms with Crippen LogP contribution in [0.25, 0.3) is 0 Å². The SMILES string of the molecule is CCC(Oc1ccc(C)cc1C(C)(C)CC)C(=O)Nc1nnc(N2CCOCC2)s1. The van der Waals surface area contributed by atoms with Gasteiger partial charge in [0, 0.05) is 18.7 Å². The topological polar surface area (TPSA) is 76.6 Å². The minimum absolute atomic E-state index is 0.0393. The number of anilines is 2. The summed E-state index contributed by atoms with van der Waals surface area (Å²) in [5.74, 6) is 0.559. The second-order valence-electron chi connectivity index (χ2n) is 8.23. The molecule has 3 rings (SSSR count). The van der Waals surface area contributed by atoms with E-state index < -0.39 is 6.10 Å². The molecule has 164 valence electrons. The van der Waals surface area contributed by atoms with E-state index in [0.29, 0.717) is 24.8 Å². The average molecular weight is 433 g/mol. The minimum atomic E-state index is -0.602. The van der Waals surface area contributed by atoms with Gasteiger partial charge < -0.3 is 14.4 Å². The monoisotopic (exact) mass is 432 g/mol. The third-order valence-electron chi connectivity index (χ3n) is 5.61. The van der Waals surface area contributed by atoms with E-state index in [4.69, 9.17) is 9.47 Å². The Hall–Kier alpha value is -2.19. The smallest absolute Gasteiger partial charge is 0.267 e. The number of aromatic nitrogens is 2. The molecule has 0 spiro atoms. The van der Waals surface area contributed by atoms with Gasteiger partial charge in [0.1, 0.15) is 5.75 Å². The van der Waals surface area contributed by atoms with Crippen molar-refractivity contribution in [2.24, 2.45) is 0 Å². The molecule has 1 fully saturated rings. The highest BCUT2D eigenvalue weighted by Crippen LogP contribution is 2.35. The number of hydrogen-bond acceptors (Lipinski definition) is 7. The number of rotatable bonds is 8. The van der Waals surface area contributed by atoms with Gasteiger partial charge in [0.15, 0.2) is 6.10 Å². The minimum Gasteiger partial charge on any atom is -0.480 e. The van der Waals surface area contributed by atoms with Crippen molar-refractivity contribution >= 4 is 27.5 Å². The zero-order chi connectivity index (χ0) is 21.7. The van der Waals surface area contributed by atoms with Gasteiger partial charge in [-0.15, -0.1) is 10.2 Å². The quantitative estimate of drug-likeness (QED) is 0.675. The van der Waals surface area contributed by atoms with Gasteiger partial charge in [-0.3, -0.25) is 10.1 Å². The van der Waals surface area contributed by atoms with Gasteiger partial charge in [0.05, 0.1) is 13.2 Å². The Kier molecular flexibility index (Phi) is 7.31. The van der Waals surface area contributed by atoms with Crippen LogP contribution in [0.3, 0.4) is 0 Å². The number of aryl methyl sites for hydroxylation is 1. The molecule has 0 bridgehead atoms. The first-order valence-corrected chi connectivity index (χ1v) is 11.4. The van der Waals surface area contributed by atoms with Gasteiger partial charge in [-0.05, 0) is 31.2 Å². The first-order chi connectivity index (χ1) is 14.3. The zero-order valence-electron chi connectivity index (χ0n) is 18.5. The van der Waals surface area contributed by atoms with Crippen LogP contribution in [0.15, 0.2) is 18.2 Å². The summed E-state index contributed by atoms with van der Waals surface area (Å²) in [7, 11) is 0. The summed E-state index contributed by atoms with van der Waals surface area (Å²) in [5, 5.41) is 12.5. The molecular weight excluding hydrogens is 400 g/mol. The number of nitrogens with one attached hydrogen (secondary N) is 1. The molecule has 1 aromatic carbocycles. The lowest BCUT2D eigenvalue weighted by molar-refractivity contribution is -0.122. The molecule has 7 nitrogen and oxygen atoms in total. The predicted octanol–water partition coefficient (Wildman–Crippen LogP) is 4.17. The van der Waals surface area contributed by atoms with Crippen molar-refractivity contribution < 1.29 is 14.3 Å². The van der Waals surface area contributed by atoms with Gasteiger partial charge in [-0.1, -0.05) is 56.7 Å². The molecule has 1 N–H and O–H groups in total. The molecule has 2 aromatic rings. The van der Waals surface area contributed by atoms with Crippen LogP contribution in [0.1, 0.15) is 51.7 Å². The molecule has 1 atom stereocenters. The second-order valence-corrected chi connectivity index (χ2v) is 9.19. The zero-order valence-corrected chi connectivity index (χ0v) is 19.3. The van der Waals surface area contributed by atoms with Gasteiger partial charge in [-0.25, -0.2) is 0 Å². The van der Waals surface area contributed by atoms with E-state index in [9.17, 15) is 4.79 Å². The van der Waals surface area contributed by atoms with Crippen molar-refractivity contribution in [2.45, 2.75) is 59.0 Å². The summed E-state index contributed by atoms with van der Waals surface area (Å²) in [6.45, 7) is 13.5. The van der Waals surface area contributed by atoms with Crippen LogP contribution in [0.2, 0.25) is 0 Å². The van der Waals surface area contributed by atoms with Crippen molar-refractivity contribution in [2.75, 3.05) is 36.5 Å². The fourth-order valence-electron chi connectivity index (χ4n) is 3.28. The summed E-state index contributed by atoms with van der Waals surface area (Å²) in [6, 6.07) is 6.15. The summed E-state index contributed by atoms with van der Waals surface area (Å²) in [6.07, 6.45) is 0.931. The van der Waals surface area contributed by atoms with E-state index in [1.807, 2.05) is 19.1 Å². The number of carbonyl (C=O) groups excluding carboxylic acids is 1. The van der Waals surface area contributed by atoms with E-state index in [2.05, 4.69) is 54.2 Å². The van der Waals surface area contributed by atoms with Gasteiger partial charge in [-0.2, -0.15) is 0 Å². The number of ether oxygens (including phenoxy) is 2. The van der Waals surface area contributed by atoms with E-state index >= 15 is 0 Å². The van der Waals surface area contributed by atoms with Crippen molar-refractivity contribution in [3.05, 3.63) is 29.3 Å². The third kappa shape index (κ3) is 5.29. The molecular formula is C22H32N4O3S. The number of carbonyl (C=O) groups is 1. The molecule has 1 amide bonds. The number of amides is 1. The molecule has 8 heteroatoms. The van der Waals surface area contributed by atoms with Crippen molar-refractivity contribution in [1.82, 2.24) is 10.2 Å². The molecule has 1 aromatic heterocycles. The number of hydrogen-bond donors (Lipinski definition) is 1. The molecule has 1 aliphatic rings. The van der Waals surface area contributed by atoms with Crippen molar-refractivity contribution in [3.8, 4) is 5.75 Å². The summed E-state index contributed by atoms with van der Waals surface area (Å²) < 4.78 is 11.6. The number of morpholine rings is 1. The number of benzene rings is 1. The predicted molar refractivity (Wildman–Crippen MR) is 121 cm³/mol. The average Bonchev–Trinajstić information content (AvgIpc) is 3.21. The molecule has 0 radical (unpaired) electrons. The van der Waals surface area contributed by atoms with Crippen LogP contribution in [-0.4, -0.2) is 48.5 Å². The highest BCUT2D eigenvalue weighted by Gasteiger charge is 2.27. The maximum absolute atomic E-state index is 12.9. The van der Waals surface area contributed by atoms with E-state index in [0.717, 1.165) is 36.0 Å². The first kappa shape index (κ1) is 22.5. The molecule has 0 saturated carbocycles. The highest BCUT2D eigenvalue weighted by atomic mass is 32.1. The second kappa shape index (κ2) is 9.75. The fraction of sp³-hybridized carbons (Fsp3) is 0.591. The standard InChI is InChI=1S/C22H32N4O3S/c1-6-17(29-18-9-8-15(3)14-16(18)22(4,5)7-2)19(27)23-20-24-25-21(30-20)26-10-12-28-13-11-26/h8-9,14,17H,6-7,10-13H2,1-5H3,(H,23,24,27). The van der Waals surface area contributed by atoms with Gasteiger partial charge in [0.2, 0.25) is 10.3 Å². The van der Waals surface area contributed by atoms with Crippen LogP contribution in [0.4, 0.5) is 10.3 Å². The van der Waals surface area contributed by atoms with Crippen LogP contribution >= 0.6 is 11.3 Å². The largest absolute Gasteiger partial charge is 0.480 e. The first-order valence-electron chi connectivity index (χ1n) is 10.6. The molecule has 1 saturated heterocycles. The Balaban J connectivity index is 1.71. The summed E-state index contributed by atoms with van der Waals surface area (Å²) >= 11 is 1.38. The molecule has 30 heavy (non-hydrogen) atoms. The van der Waals surface area contributed by atoms with Gasteiger partial charge >= 0.3 is 0 Å². The lowest BCUT2D eigenvalue weighted by Gasteiger charge is -2.28. The lowest BCUT2D eigenvalue weighted by atomic mass is 9.81. The van der Waals surface area contributed by atoms with Crippen LogP contribution in [0, 0.1) is 6.92 Å². The molecule has 2 heterocycles. The van der Waals surface area contributed by atoms with E-state index in [1.54, 1.807) is 0 Å². The van der Waals surface area contributed by atoms with Gasteiger partial charge in [0.25, 0.3) is 5.91 Å². The Morgan fingerprint density at radius 3 is 2.70 bits per heavy atom. The molecule has 0 aliphatic carbocycles. The Labute approximate surface area is 182 Å². The maximum atomic E-state index is 12.9. The Bertz CT molecular complexity index is 862. The Morgan fingerprint density at radius 2 is 2.03 bits per heavy atom. The third-order valence-corrected chi connectivity index (χ3v) is 6.51.